The maximum atomic E-state index is 13.3. The van der Waals surface area contributed by atoms with E-state index in [2.05, 4.69) is 4.90 Å². The molecule has 2 aromatic carbocycles. The molecule has 1 amide bonds. The molecule has 180 valence electrons. The number of benzene rings is 2. The normalized spacial score (nSPS) is 19.1. The second-order valence-corrected chi connectivity index (χ2v) is 10.9. The Morgan fingerprint density at radius 3 is 1.76 bits per heavy atom. The predicted octanol–water partition coefficient (Wildman–Crippen LogP) is 0.791. The summed E-state index contributed by atoms with van der Waals surface area (Å²) in [7, 11) is -1.53. The lowest BCUT2D eigenvalue weighted by atomic mass is 10.1. The van der Waals surface area contributed by atoms with Gasteiger partial charge in [0.2, 0.25) is 5.91 Å². The number of carbonyl (C=O) groups is 1. The first-order chi connectivity index (χ1) is 16.4. The van der Waals surface area contributed by atoms with Crippen molar-refractivity contribution >= 4 is 37.9 Å². The summed E-state index contributed by atoms with van der Waals surface area (Å²) in [6, 6.07) is 14.7. The van der Waals surface area contributed by atoms with Crippen molar-refractivity contribution in [3.8, 4) is 0 Å². The van der Waals surface area contributed by atoms with Gasteiger partial charge in [-0.25, -0.2) is 0 Å². The number of rotatable bonds is 4. The van der Waals surface area contributed by atoms with Gasteiger partial charge in [-0.15, -0.1) is 0 Å². The largest absolute Gasteiger partial charge is 0.339 e. The fourth-order valence-corrected chi connectivity index (χ4v) is 6.41. The van der Waals surface area contributed by atoms with E-state index in [9.17, 15) is 18.0 Å². The van der Waals surface area contributed by atoms with Crippen molar-refractivity contribution in [3.63, 3.8) is 0 Å². The molecule has 0 N–H and O–H groups in total. The second kappa shape index (κ2) is 9.10. The molecule has 1 aromatic heterocycles. The zero-order chi connectivity index (χ0) is 23.9. The highest BCUT2D eigenvalue weighted by molar-refractivity contribution is 7.86. The maximum Gasteiger partial charge on any atom is 0.282 e. The molecule has 34 heavy (non-hydrogen) atoms. The number of amides is 1. The van der Waals surface area contributed by atoms with E-state index in [-0.39, 0.29) is 31.0 Å². The zero-order valence-electron chi connectivity index (χ0n) is 19.3. The lowest BCUT2D eigenvalue weighted by molar-refractivity contribution is -0.132. The highest BCUT2D eigenvalue weighted by Crippen LogP contribution is 2.20. The second-order valence-electron chi connectivity index (χ2n) is 8.94. The van der Waals surface area contributed by atoms with Gasteiger partial charge in [0, 0.05) is 63.1 Å². The maximum absolute atomic E-state index is 13.3. The minimum absolute atomic E-state index is 0.0439. The van der Waals surface area contributed by atoms with Crippen LogP contribution in [0.3, 0.4) is 0 Å². The molecule has 10 heteroatoms. The van der Waals surface area contributed by atoms with Crippen LogP contribution in [0.25, 0.3) is 21.8 Å². The molecular formula is C24H29N5O4S. The monoisotopic (exact) mass is 483 g/mol. The van der Waals surface area contributed by atoms with E-state index >= 15 is 0 Å². The smallest absolute Gasteiger partial charge is 0.282 e. The van der Waals surface area contributed by atoms with Crippen LogP contribution in [-0.2, 0) is 21.5 Å². The highest BCUT2D eigenvalue weighted by Gasteiger charge is 2.34. The summed E-state index contributed by atoms with van der Waals surface area (Å²) in [5, 5.41) is 1.16. The van der Waals surface area contributed by atoms with Gasteiger partial charge in [-0.2, -0.15) is 17.0 Å². The molecule has 0 saturated carbocycles. The number of hydrogen-bond acceptors (Lipinski definition) is 5. The lowest BCUT2D eigenvalue weighted by Gasteiger charge is -2.39. The van der Waals surface area contributed by atoms with E-state index in [1.54, 1.807) is 21.3 Å². The van der Waals surface area contributed by atoms with E-state index in [1.165, 1.54) is 4.31 Å². The van der Waals surface area contributed by atoms with Gasteiger partial charge in [0.1, 0.15) is 6.54 Å². The lowest BCUT2D eigenvalue weighted by Crippen LogP contribution is -2.57. The molecular weight excluding hydrogens is 454 g/mol. The summed E-state index contributed by atoms with van der Waals surface area (Å²) < 4.78 is 31.0. The number of aromatic nitrogens is 1. The van der Waals surface area contributed by atoms with E-state index in [0.717, 1.165) is 24.1 Å². The standard InChI is InChI=1S/C24H29N5O4S/c1-25-10-14-27(15-11-25)34(32,33)28-16-12-26(13-17-28)23(30)18-29-21-8-4-2-6-19(21)24(31)20-7-3-5-9-22(20)29/h2-9H,10-18H2,1H3. The van der Waals surface area contributed by atoms with Gasteiger partial charge in [-0.05, 0) is 31.3 Å². The minimum atomic E-state index is -3.52. The van der Waals surface area contributed by atoms with Crippen LogP contribution in [0.5, 0.6) is 0 Å². The third kappa shape index (κ3) is 4.11. The highest BCUT2D eigenvalue weighted by atomic mass is 32.2. The van der Waals surface area contributed by atoms with Crippen LogP contribution in [0.2, 0.25) is 0 Å². The molecule has 2 aliphatic rings. The Balaban J connectivity index is 1.34. The zero-order valence-corrected chi connectivity index (χ0v) is 20.1. The van der Waals surface area contributed by atoms with Gasteiger partial charge >= 0.3 is 0 Å². The number of para-hydroxylation sites is 2. The molecule has 0 spiro atoms. The van der Waals surface area contributed by atoms with Crippen molar-refractivity contribution in [3.05, 3.63) is 58.8 Å². The molecule has 3 aromatic rings. The summed E-state index contributed by atoms with van der Waals surface area (Å²) in [5.41, 5.74) is 1.39. The van der Waals surface area contributed by atoms with Gasteiger partial charge < -0.3 is 14.4 Å². The molecule has 0 radical (unpaired) electrons. The molecule has 0 aliphatic carbocycles. The predicted molar refractivity (Wildman–Crippen MR) is 132 cm³/mol. The summed E-state index contributed by atoms with van der Waals surface area (Å²) >= 11 is 0. The third-order valence-corrected chi connectivity index (χ3v) is 8.91. The van der Waals surface area contributed by atoms with Crippen LogP contribution < -0.4 is 5.43 Å². The molecule has 0 bridgehead atoms. The number of pyridine rings is 1. The molecule has 9 nitrogen and oxygen atoms in total. The van der Waals surface area contributed by atoms with Crippen LogP contribution in [0.15, 0.2) is 53.3 Å². The molecule has 2 aliphatic heterocycles. The van der Waals surface area contributed by atoms with Gasteiger partial charge in [0.05, 0.1) is 11.0 Å². The number of likely N-dealkylation sites (N-methyl/N-ethyl adjacent to an activating group) is 1. The van der Waals surface area contributed by atoms with Crippen LogP contribution in [0.1, 0.15) is 0 Å². The van der Waals surface area contributed by atoms with Gasteiger partial charge in [0.15, 0.2) is 5.43 Å². The Bertz CT molecular complexity index is 1330. The van der Waals surface area contributed by atoms with E-state index in [1.807, 2.05) is 48.0 Å². The summed E-state index contributed by atoms with van der Waals surface area (Å²) in [6.45, 7) is 3.78. The van der Waals surface area contributed by atoms with Crippen LogP contribution >= 0.6 is 0 Å². The number of nitrogens with zero attached hydrogens (tertiary/aromatic N) is 5. The van der Waals surface area contributed by atoms with Crippen molar-refractivity contribution in [1.29, 1.82) is 0 Å². The molecule has 2 saturated heterocycles. The summed E-state index contributed by atoms with van der Waals surface area (Å²) in [6.07, 6.45) is 0. The van der Waals surface area contributed by atoms with Crippen molar-refractivity contribution in [2.45, 2.75) is 6.54 Å². The average Bonchev–Trinajstić information content (AvgIpc) is 2.87. The van der Waals surface area contributed by atoms with Crippen LogP contribution in [0, 0.1) is 0 Å². The van der Waals surface area contributed by atoms with Crippen molar-refractivity contribution in [2.75, 3.05) is 59.4 Å². The SMILES string of the molecule is CN1CCN(S(=O)(=O)N2CCN(C(=O)Cn3c4ccccc4c(=O)c4ccccc43)CC2)CC1. The van der Waals surface area contributed by atoms with E-state index < -0.39 is 10.2 Å². The molecule has 3 heterocycles. The average molecular weight is 484 g/mol. The Morgan fingerprint density at radius 2 is 1.24 bits per heavy atom. The Labute approximate surface area is 198 Å². The van der Waals surface area contributed by atoms with Crippen molar-refractivity contribution in [2.24, 2.45) is 0 Å². The Morgan fingerprint density at radius 1 is 0.765 bits per heavy atom. The molecule has 5 rings (SSSR count). The number of fused-ring (bicyclic) bond motifs is 2. The third-order valence-electron chi connectivity index (χ3n) is 6.88. The first kappa shape index (κ1) is 23.0. The molecule has 0 unspecified atom stereocenters. The first-order valence-electron chi connectivity index (χ1n) is 11.6. The van der Waals surface area contributed by atoms with E-state index in [4.69, 9.17) is 0 Å². The minimum Gasteiger partial charge on any atom is -0.339 e. The van der Waals surface area contributed by atoms with Crippen molar-refractivity contribution in [1.82, 2.24) is 23.0 Å². The molecule has 0 atom stereocenters. The number of piperazine rings is 2. The quantitative estimate of drug-likeness (QED) is 0.513. The van der Waals surface area contributed by atoms with Crippen LogP contribution in [-0.4, -0.2) is 96.7 Å². The topological polar surface area (TPSA) is 86.2 Å². The number of carbonyl (C=O) groups excluding carboxylic acids is 1. The summed E-state index contributed by atoms with van der Waals surface area (Å²) in [5.74, 6) is -0.0874. The molecule has 2 fully saturated rings. The fraction of sp³-hybridized carbons (Fsp3) is 0.417. The first-order valence-corrected chi connectivity index (χ1v) is 13.0. The van der Waals surface area contributed by atoms with Gasteiger partial charge in [-0.3, -0.25) is 9.59 Å². The van der Waals surface area contributed by atoms with Gasteiger partial charge in [-0.1, -0.05) is 24.3 Å². The van der Waals surface area contributed by atoms with Crippen LogP contribution in [0.4, 0.5) is 0 Å². The number of hydrogen-bond donors (Lipinski definition) is 0. The fourth-order valence-electron chi connectivity index (χ4n) is 4.83. The van der Waals surface area contributed by atoms with Gasteiger partial charge in [0.25, 0.3) is 10.2 Å². The van der Waals surface area contributed by atoms with Crippen molar-refractivity contribution < 1.29 is 13.2 Å². The Kier molecular flexibility index (Phi) is 6.15. The van der Waals surface area contributed by atoms with E-state index in [0.29, 0.717) is 37.0 Å². The summed E-state index contributed by atoms with van der Waals surface area (Å²) in [4.78, 5) is 30.0. The Hall–Kier alpha value is -2.79.